The predicted octanol–water partition coefficient (Wildman–Crippen LogP) is 3.39. The van der Waals surface area contributed by atoms with Crippen molar-refractivity contribution in [3.8, 4) is 16.9 Å². The van der Waals surface area contributed by atoms with E-state index >= 15 is 0 Å². The summed E-state index contributed by atoms with van der Waals surface area (Å²) in [7, 11) is 1.57. The van der Waals surface area contributed by atoms with E-state index in [2.05, 4.69) is 0 Å². The van der Waals surface area contributed by atoms with Gasteiger partial charge in [-0.25, -0.2) is 4.39 Å². The van der Waals surface area contributed by atoms with Gasteiger partial charge in [-0.05, 0) is 41.8 Å². The molecule has 88 valence electrons. The van der Waals surface area contributed by atoms with E-state index < -0.39 is 0 Å². The monoisotopic (exact) mass is 231 g/mol. The van der Waals surface area contributed by atoms with Crippen LogP contribution in [0.15, 0.2) is 36.4 Å². The lowest BCUT2D eigenvalue weighted by atomic mass is 10.0. The fourth-order valence-electron chi connectivity index (χ4n) is 1.69. The maximum atomic E-state index is 13.5. The van der Waals surface area contributed by atoms with Crippen LogP contribution in [0.3, 0.4) is 0 Å². The highest BCUT2D eigenvalue weighted by Crippen LogP contribution is 2.29. The summed E-state index contributed by atoms with van der Waals surface area (Å²) in [6, 6.07) is 10.6. The standard InChI is InChI=1S/C14H14FNO/c1-9-3-4-10(7-12(9)15)11-5-6-14(17-2)13(16)8-11/h3-8H,16H2,1-2H3. The molecule has 0 spiro atoms. The van der Waals surface area contributed by atoms with Crippen molar-refractivity contribution in [2.24, 2.45) is 0 Å². The average Bonchev–Trinajstić information content (AvgIpc) is 2.32. The number of hydrogen-bond acceptors (Lipinski definition) is 2. The predicted molar refractivity (Wildman–Crippen MR) is 67.5 cm³/mol. The Labute approximate surface area is 99.8 Å². The molecule has 2 aromatic carbocycles. The van der Waals surface area contributed by atoms with Crippen LogP contribution in [0, 0.1) is 12.7 Å². The Balaban J connectivity index is 2.46. The number of hydrogen-bond donors (Lipinski definition) is 1. The summed E-state index contributed by atoms with van der Waals surface area (Å²) in [5, 5.41) is 0. The zero-order valence-electron chi connectivity index (χ0n) is 9.83. The number of rotatable bonds is 2. The third-order valence-corrected chi connectivity index (χ3v) is 2.73. The molecule has 0 aromatic heterocycles. The normalized spacial score (nSPS) is 10.3. The van der Waals surface area contributed by atoms with Crippen LogP contribution < -0.4 is 10.5 Å². The van der Waals surface area contributed by atoms with Gasteiger partial charge < -0.3 is 10.5 Å². The summed E-state index contributed by atoms with van der Waals surface area (Å²) in [5.41, 5.74) is 8.68. The van der Waals surface area contributed by atoms with Crippen LogP contribution in [-0.2, 0) is 0 Å². The molecule has 0 aliphatic rings. The largest absolute Gasteiger partial charge is 0.495 e. The van der Waals surface area contributed by atoms with Crippen LogP contribution in [-0.4, -0.2) is 7.11 Å². The number of halogens is 1. The van der Waals surface area contributed by atoms with Gasteiger partial charge in [0, 0.05) is 0 Å². The van der Waals surface area contributed by atoms with E-state index in [1.54, 1.807) is 32.2 Å². The lowest BCUT2D eigenvalue weighted by molar-refractivity contribution is 0.417. The molecule has 0 fully saturated rings. The zero-order valence-corrected chi connectivity index (χ0v) is 9.83. The van der Waals surface area contributed by atoms with Crippen molar-refractivity contribution in [1.82, 2.24) is 0 Å². The highest BCUT2D eigenvalue weighted by molar-refractivity contribution is 5.70. The molecule has 2 N–H and O–H groups in total. The van der Waals surface area contributed by atoms with Gasteiger partial charge in [-0.3, -0.25) is 0 Å². The molecule has 0 aliphatic carbocycles. The van der Waals surface area contributed by atoms with Crippen LogP contribution in [0.1, 0.15) is 5.56 Å². The smallest absolute Gasteiger partial charge is 0.141 e. The van der Waals surface area contributed by atoms with Crippen LogP contribution >= 0.6 is 0 Å². The van der Waals surface area contributed by atoms with Gasteiger partial charge in [0.05, 0.1) is 12.8 Å². The first-order chi connectivity index (χ1) is 8.11. The first-order valence-corrected chi connectivity index (χ1v) is 5.32. The number of methoxy groups -OCH3 is 1. The number of nitrogen functional groups attached to an aromatic ring is 1. The summed E-state index contributed by atoms with van der Waals surface area (Å²) in [6.45, 7) is 1.74. The molecule has 0 bridgehead atoms. The molecule has 2 nitrogen and oxygen atoms in total. The van der Waals surface area contributed by atoms with Gasteiger partial charge in [0.2, 0.25) is 0 Å². The van der Waals surface area contributed by atoms with Gasteiger partial charge in [-0.15, -0.1) is 0 Å². The first kappa shape index (κ1) is 11.5. The minimum atomic E-state index is -0.211. The van der Waals surface area contributed by atoms with Crippen molar-refractivity contribution in [3.63, 3.8) is 0 Å². The van der Waals surface area contributed by atoms with Crippen LogP contribution in [0.5, 0.6) is 5.75 Å². The molecule has 0 unspecified atom stereocenters. The zero-order chi connectivity index (χ0) is 12.4. The fraction of sp³-hybridized carbons (Fsp3) is 0.143. The van der Waals surface area contributed by atoms with E-state index in [-0.39, 0.29) is 5.82 Å². The van der Waals surface area contributed by atoms with E-state index in [0.29, 0.717) is 17.0 Å². The van der Waals surface area contributed by atoms with E-state index in [1.165, 1.54) is 6.07 Å². The molecule has 0 saturated carbocycles. The van der Waals surface area contributed by atoms with E-state index in [1.807, 2.05) is 12.1 Å². The maximum Gasteiger partial charge on any atom is 0.141 e. The van der Waals surface area contributed by atoms with Gasteiger partial charge in [-0.1, -0.05) is 18.2 Å². The van der Waals surface area contributed by atoms with Crippen LogP contribution in [0.2, 0.25) is 0 Å². The summed E-state index contributed by atoms with van der Waals surface area (Å²) in [4.78, 5) is 0. The topological polar surface area (TPSA) is 35.2 Å². The molecular formula is C14H14FNO. The molecule has 0 saturated heterocycles. The van der Waals surface area contributed by atoms with Gasteiger partial charge >= 0.3 is 0 Å². The fourth-order valence-corrected chi connectivity index (χ4v) is 1.69. The summed E-state index contributed by atoms with van der Waals surface area (Å²) >= 11 is 0. The van der Waals surface area contributed by atoms with Crippen LogP contribution in [0.4, 0.5) is 10.1 Å². The number of aryl methyl sites for hydroxylation is 1. The Morgan fingerprint density at radius 1 is 1.06 bits per heavy atom. The number of benzene rings is 2. The van der Waals surface area contributed by atoms with E-state index in [4.69, 9.17) is 10.5 Å². The minimum Gasteiger partial charge on any atom is -0.495 e. The molecular weight excluding hydrogens is 217 g/mol. The first-order valence-electron chi connectivity index (χ1n) is 5.32. The molecule has 0 aliphatic heterocycles. The third kappa shape index (κ3) is 2.23. The molecule has 2 aromatic rings. The lowest BCUT2D eigenvalue weighted by Crippen LogP contribution is -1.93. The van der Waals surface area contributed by atoms with Crippen LogP contribution in [0.25, 0.3) is 11.1 Å². The highest BCUT2D eigenvalue weighted by atomic mass is 19.1. The SMILES string of the molecule is COc1ccc(-c2ccc(C)c(F)c2)cc1N. The number of ether oxygens (including phenoxy) is 1. The Kier molecular flexibility index (Phi) is 3.00. The summed E-state index contributed by atoms with van der Waals surface area (Å²) in [6.07, 6.45) is 0. The second-order valence-corrected chi connectivity index (χ2v) is 3.92. The Hall–Kier alpha value is -2.03. The van der Waals surface area contributed by atoms with Gasteiger partial charge in [0.25, 0.3) is 0 Å². The molecule has 0 atom stereocenters. The van der Waals surface area contributed by atoms with Crippen molar-refractivity contribution in [2.75, 3.05) is 12.8 Å². The number of anilines is 1. The molecule has 17 heavy (non-hydrogen) atoms. The van der Waals surface area contributed by atoms with Crippen molar-refractivity contribution < 1.29 is 9.13 Å². The minimum absolute atomic E-state index is 0.211. The maximum absolute atomic E-state index is 13.5. The number of nitrogens with two attached hydrogens (primary N) is 1. The summed E-state index contributed by atoms with van der Waals surface area (Å²) < 4.78 is 18.5. The quantitative estimate of drug-likeness (QED) is 0.804. The Morgan fingerprint density at radius 2 is 1.71 bits per heavy atom. The van der Waals surface area contributed by atoms with Gasteiger partial charge in [-0.2, -0.15) is 0 Å². The Bertz CT molecular complexity index is 552. The molecule has 0 heterocycles. The van der Waals surface area contributed by atoms with Crippen molar-refractivity contribution in [2.45, 2.75) is 6.92 Å². The average molecular weight is 231 g/mol. The molecule has 0 radical (unpaired) electrons. The molecule has 0 amide bonds. The van der Waals surface area contributed by atoms with Crippen molar-refractivity contribution in [1.29, 1.82) is 0 Å². The highest BCUT2D eigenvalue weighted by Gasteiger charge is 2.05. The second-order valence-electron chi connectivity index (χ2n) is 3.92. The lowest BCUT2D eigenvalue weighted by Gasteiger charge is -2.08. The van der Waals surface area contributed by atoms with E-state index in [9.17, 15) is 4.39 Å². The Morgan fingerprint density at radius 3 is 2.29 bits per heavy atom. The van der Waals surface area contributed by atoms with Crippen molar-refractivity contribution >= 4 is 5.69 Å². The van der Waals surface area contributed by atoms with Crippen molar-refractivity contribution in [3.05, 3.63) is 47.8 Å². The molecule has 3 heteroatoms. The van der Waals surface area contributed by atoms with Gasteiger partial charge in [0.1, 0.15) is 11.6 Å². The summed E-state index contributed by atoms with van der Waals surface area (Å²) in [5.74, 6) is 0.415. The third-order valence-electron chi connectivity index (χ3n) is 2.73. The second kappa shape index (κ2) is 4.45. The van der Waals surface area contributed by atoms with E-state index in [0.717, 1.165) is 11.1 Å². The molecule has 2 rings (SSSR count). The van der Waals surface area contributed by atoms with Gasteiger partial charge in [0.15, 0.2) is 0 Å².